The zero-order chi connectivity index (χ0) is 13.2. The Morgan fingerprint density at radius 2 is 1.58 bits per heavy atom. The van der Waals surface area contributed by atoms with Crippen molar-refractivity contribution >= 4 is 16.7 Å². The molecule has 1 aromatic heterocycles. The first-order chi connectivity index (χ1) is 9.24. The molecule has 0 fully saturated rings. The molecule has 0 amide bonds. The monoisotopic (exact) mass is 254 g/mol. The van der Waals surface area contributed by atoms with Crippen LogP contribution in [-0.2, 0) is 0 Å². The van der Waals surface area contributed by atoms with Crippen LogP contribution in [0, 0.1) is 0 Å². The lowest BCUT2D eigenvalue weighted by atomic mass is 10.2. The Kier molecular flexibility index (Phi) is 2.76. The smallest absolute Gasteiger partial charge is 0.128 e. The fraction of sp³-hybridized carbons (Fsp3) is 0.0667. The molecule has 0 radical (unpaired) electrons. The van der Waals surface area contributed by atoms with Crippen LogP contribution < -0.4 is 15.2 Å². The van der Waals surface area contributed by atoms with Gasteiger partial charge >= 0.3 is 0 Å². The first kappa shape index (κ1) is 11.5. The quantitative estimate of drug-likeness (QED) is 0.751. The third-order valence-corrected chi connectivity index (χ3v) is 2.91. The minimum Gasteiger partial charge on any atom is -0.497 e. The summed E-state index contributed by atoms with van der Waals surface area (Å²) in [6, 6.07) is 15.2. The van der Waals surface area contributed by atoms with E-state index in [1.165, 1.54) is 0 Å². The minimum atomic E-state index is 0.650. The van der Waals surface area contributed by atoms with Crippen LogP contribution in [0.2, 0.25) is 0 Å². The Morgan fingerprint density at radius 1 is 0.895 bits per heavy atom. The molecule has 3 N–H and O–H groups in total. The summed E-state index contributed by atoms with van der Waals surface area (Å²) in [5, 5.41) is 1.03. The molecule has 0 aliphatic rings. The molecule has 96 valence electrons. The van der Waals surface area contributed by atoms with Crippen LogP contribution in [0.4, 0.5) is 5.82 Å². The van der Waals surface area contributed by atoms with Crippen molar-refractivity contribution in [2.75, 3.05) is 12.8 Å². The number of hydrogen-bond acceptors (Lipinski definition) is 3. The SMILES string of the molecule is COc1ccc(Oc2ccc3[nH]c(N)cc3c2)cc1. The molecule has 4 nitrogen and oxygen atoms in total. The summed E-state index contributed by atoms with van der Waals surface area (Å²) in [6.07, 6.45) is 0. The first-order valence-electron chi connectivity index (χ1n) is 5.95. The van der Waals surface area contributed by atoms with Crippen molar-refractivity contribution in [3.05, 3.63) is 48.5 Å². The van der Waals surface area contributed by atoms with Gasteiger partial charge in [0.25, 0.3) is 0 Å². The summed E-state index contributed by atoms with van der Waals surface area (Å²) in [5.41, 5.74) is 6.71. The molecule has 1 heterocycles. The molecule has 0 spiro atoms. The van der Waals surface area contributed by atoms with Gasteiger partial charge in [0.15, 0.2) is 0 Å². The van der Waals surface area contributed by atoms with Gasteiger partial charge in [0.05, 0.1) is 7.11 Å². The summed E-state index contributed by atoms with van der Waals surface area (Å²) >= 11 is 0. The van der Waals surface area contributed by atoms with Gasteiger partial charge in [-0.3, -0.25) is 0 Å². The van der Waals surface area contributed by atoms with Crippen molar-refractivity contribution in [2.45, 2.75) is 0 Å². The lowest BCUT2D eigenvalue weighted by molar-refractivity contribution is 0.413. The minimum absolute atomic E-state index is 0.650. The van der Waals surface area contributed by atoms with Crippen LogP contribution in [0.25, 0.3) is 10.9 Å². The van der Waals surface area contributed by atoms with E-state index in [0.717, 1.165) is 28.2 Å². The van der Waals surface area contributed by atoms with E-state index in [1.54, 1.807) is 7.11 Å². The first-order valence-corrected chi connectivity index (χ1v) is 5.95. The summed E-state index contributed by atoms with van der Waals surface area (Å²) in [4.78, 5) is 3.07. The lowest BCUT2D eigenvalue weighted by Gasteiger charge is -2.06. The van der Waals surface area contributed by atoms with Gasteiger partial charge in [0, 0.05) is 10.9 Å². The van der Waals surface area contributed by atoms with Gasteiger partial charge in [-0.2, -0.15) is 0 Å². The van der Waals surface area contributed by atoms with Crippen LogP contribution >= 0.6 is 0 Å². The highest BCUT2D eigenvalue weighted by Crippen LogP contribution is 2.27. The standard InChI is InChI=1S/C15H14N2O2/c1-18-11-2-4-12(5-3-11)19-13-6-7-14-10(8-13)9-15(16)17-14/h2-9,17H,16H2,1H3. The van der Waals surface area contributed by atoms with Crippen molar-refractivity contribution in [3.63, 3.8) is 0 Å². The number of hydrogen-bond donors (Lipinski definition) is 2. The van der Waals surface area contributed by atoms with Crippen LogP contribution in [-0.4, -0.2) is 12.1 Å². The Morgan fingerprint density at radius 3 is 2.32 bits per heavy atom. The van der Waals surface area contributed by atoms with Gasteiger partial charge < -0.3 is 20.2 Å². The summed E-state index contributed by atoms with van der Waals surface area (Å²) in [6.45, 7) is 0. The predicted molar refractivity (Wildman–Crippen MR) is 75.8 cm³/mol. The second-order valence-electron chi connectivity index (χ2n) is 4.25. The highest BCUT2D eigenvalue weighted by atomic mass is 16.5. The van der Waals surface area contributed by atoms with Gasteiger partial charge in [-0.15, -0.1) is 0 Å². The molecule has 0 saturated carbocycles. The number of nitrogens with two attached hydrogens (primary N) is 1. The van der Waals surface area contributed by atoms with E-state index in [9.17, 15) is 0 Å². The van der Waals surface area contributed by atoms with Gasteiger partial charge in [0.1, 0.15) is 23.1 Å². The summed E-state index contributed by atoms with van der Waals surface area (Å²) in [7, 11) is 1.64. The van der Waals surface area contributed by atoms with Gasteiger partial charge in [-0.1, -0.05) is 0 Å². The maximum atomic E-state index is 5.78. The predicted octanol–water partition coefficient (Wildman–Crippen LogP) is 3.55. The largest absolute Gasteiger partial charge is 0.497 e. The van der Waals surface area contributed by atoms with Crippen molar-refractivity contribution < 1.29 is 9.47 Å². The van der Waals surface area contributed by atoms with Gasteiger partial charge in [-0.25, -0.2) is 0 Å². The molecule has 3 rings (SSSR count). The number of rotatable bonds is 3. The van der Waals surface area contributed by atoms with E-state index in [-0.39, 0.29) is 0 Å². The van der Waals surface area contributed by atoms with Crippen molar-refractivity contribution in [1.82, 2.24) is 4.98 Å². The zero-order valence-electron chi connectivity index (χ0n) is 10.5. The maximum absolute atomic E-state index is 5.78. The zero-order valence-corrected chi connectivity index (χ0v) is 10.5. The molecular formula is C15H14N2O2. The van der Waals surface area contributed by atoms with E-state index in [4.69, 9.17) is 15.2 Å². The number of fused-ring (bicyclic) bond motifs is 1. The topological polar surface area (TPSA) is 60.3 Å². The Balaban J connectivity index is 1.87. The average Bonchev–Trinajstić information content (AvgIpc) is 2.79. The normalized spacial score (nSPS) is 10.6. The van der Waals surface area contributed by atoms with Crippen LogP contribution in [0.5, 0.6) is 17.2 Å². The molecule has 0 unspecified atom stereocenters. The fourth-order valence-corrected chi connectivity index (χ4v) is 1.98. The number of aromatic amines is 1. The van der Waals surface area contributed by atoms with E-state index < -0.39 is 0 Å². The Labute approximate surface area is 110 Å². The van der Waals surface area contributed by atoms with E-state index >= 15 is 0 Å². The highest BCUT2D eigenvalue weighted by Gasteiger charge is 2.02. The molecular weight excluding hydrogens is 240 g/mol. The fourth-order valence-electron chi connectivity index (χ4n) is 1.98. The van der Waals surface area contributed by atoms with Crippen LogP contribution in [0.1, 0.15) is 0 Å². The number of H-pyrrole nitrogens is 1. The summed E-state index contributed by atoms with van der Waals surface area (Å²) < 4.78 is 10.9. The summed E-state index contributed by atoms with van der Waals surface area (Å²) in [5.74, 6) is 3.00. The lowest BCUT2D eigenvalue weighted by Crippen LogP contribution is -1.85. The molecule has 4 heteroatoms. The van der Waals surface area contributed by atoms with E-state index in [1.807, 2.05) is 48.5 Å². The number of nitrogens with one attached hydrogen (secondary N) is 1. The molecule has 2 aromatic carbocycles. The molecule has 19 heavy (non-hydrogen) atoms. The molecule has 0 aliphatic carbocycles. The number of methoxy groups -OCH3 is 1. The van der Waals surface area contributed by atoms with Crippen molar-refractivity contribution in [1.29, 1.82) is 0 Å². The van der Waals surface area contributed by atoms with Crippen molar-refractivity contribution in [2.24, 2.45) is 0 Å². The van der Waals surface area contributed by atoms with E-state index in [2.05, 4.69) is 4.98 Å². The molecule has 0 aliphatic heterocycles. The van der Waals surface area contributed by atoms with Crippen molar-refractivity contribution in [3.8, 4) is 17.2 Å². The number of benzene rings is 2. The number of ether oxygens (including phenoxy) is 2. The van der Waals surface area contributed by atoms with Gasteiger partial charge in [-0.05, 0) is 48.5 Å². The second-order valence-corrected chi connectivity index (χ2v) is 4.25. The molecule has 0 bridgehead atoms. The molecule has 0 saturated heterocycles. The average molecular weight is 254 g/mol. The Bertz CT molecular complexity index is 702. The maximum Gasteiger partial charge on any atom is 0.128 e. The molecule has 0 atom stereocenters. The third-order valence-electron chi connectivity index (χ3n) is 2.91. The van der Waals surface area contributed by atoms with E-state index in [0.29, 0.717) is 5.82 Å². The van der Waals surface area contributed by atoms with Gasteiger partial charge in [0.2, 0.25) is 0 Å². The van der Waals surface area contributed by atoms with Crippen LogP contribution in [0.15, 0.2) is 48.5 Å². The number of anilines is 1. The third kappa shape index (κ3) is 2.33. The second kappa shape index (κ2) is 4.57. The van der Waals surface area contributed by atoms with Crippen LogP contribution in [0.3, 0.4) is 0 Å². The molecule has 3 aromatic rings. The number of aromatic nitrogens is 1. The number of nitrogen functional groups attached to an aromatic ring is 1. The highest BCUT2D eigenvalue weighted by molar-refractivity contribution is 5.84. The Hall–Kier alpha value is -2.62.